The van der Waals surface area contributed by atoms with Gasteiger partial charge in [0.05, 0.1) is 12.1 Å². The van der Waals surface area contributed by atoms with Crippen LogP contribution in [-0.4, -0.2) is 12.2 Å². The van der Waals surface area contributed by atoms with Crippen molar-refractivity contribution in [3.8, 4) is 5.75 Å². The van der Waals surface area contributed by atoms with Crippen LogP contribution in [0.1, 0.15) is 17.2 Å². The van der Waals surface area contributed by atoms with Crippen molar-refractivity contribution >= 4 is 27.5 Å². The lowest BCUT2D eigenvalue weighted by Crippen LogP contribution is -2.04. The molecule has 2 aromatic carbocycles. The molecule has 0 aliphatic rings. The second kappa shape index (κ2) is 5.90. The Bertz CT molecular complexity index is 584. The molecular formula is C14H11BrClFO2. The molecule has 0 amide bonds. The van der Waals surface area contributed by atoms with Crippen molar-refractivity contribution in [1.29, 1.82) is 0 Å². The molecule has 0 aliphatic carbocycles. The topological polar surface area (TPSA) is 29.5 Å². The van der Waals surface area contributed by atoms with E-state index in [1.165, 1.54) is 13.2 Å². The first-order chi connectivity index (χ1) is 9.04. The number of hydrogen-bond acceptors (Lipinski definition) is 2. The number of benzene rings is 2. The van der Waals surface area contributed by atoms with Gasteiger partial charge in [0.25, 0.3) is 0 Å². The Morgan fingerprint density at radius 2 is 2.05 bits per heavy atom. The summed E-state index contributed by atoms with van der Waals surface area (Å²) in [6.07, 6.45) is -1.14. The molecule has 1 atom stereocenters. The monoisotopic (exact) mass is 344 g/mol. The maximum Gasteiger partial charge on any atom is 0.130 e. The van der Waals surface area contributed by atoms with E-state index in [1.807, 2.05) is 0 Å². The second-order valence-electron chi connectivity index (χ2n) is 3.93. The maximum absolute atomic E-state index is 13.8. The molecule has 0 bridgehead atoms. The highest BCUT2D eigenvalue weighted by atomic mass is 79.9. The summed E-state index contributed by atoms with van der Waals surface area (Å²) in [6, 6.07) is 9.38. The first-order valence-electron chi connectivity index (χ1n) is 5.50. The Balaban J connectivity index is 2.47. The highest BCUT2D eigenvalue weighted by Gasteiger charge is 2.20. The molecule has 2 rings (SSSR count). The Labute approximate surface area is 123 Å². The van der Waals surface area contributed by atoms with Gasteiger partial charge in [0, 0.05) is 15.6 Å². The summed E-state index contributed by atoms with van der Waals surface area (Å²) in [5.41, 5.74) is 0.586. The van der Waals surface area contributed by atoms with Crippen molar-refractivity contribution in [3.05, 3.63) is 62.8 Å². The van der Waals surface area contributed by atoms with E-state index in [0.717, 1.165) is 0 Å². The molecule has 0 aromatic heterocycles. The quantitative estimate of drug-likeness (QED) is 0.897. The van der Waals surface area contributed by atoms with Gasteiger partial charge in [0.2, 0.25) is 0 Å². The molecule has 0 radical (unpaired) electrons. The second-order valence-corrected chi connectivity index (χ2v) is 5.19. The number of aliphatic hydroxyl groups is 1. The average molecular weight is 346 g/mol. The SMILES string of the molecule is COc1ccc(C(O)c2c(F)cccc2Br)c(Cl)c1. The van der Waals surface area contributed by atoms with Crippen LogP contribution in [0.25, 0.3) is 0 Å². The lowest BCUT2D eigenvalue weighted by atomic mass is 10.0. The van der Waals surface area contributed by atoms with Crippen molar-refractivity contribution in [3.63, 3.8) is 0 Å². The lowest BCUT2D eigenvalue weighted by molar-refractivity contribution is 0.214. The Kier molecular flexibility index (Phi) is 4.45. The zero-order chi connectivity index (χ0) is 14.0. The molecule has 100 valence electrons. The third-order valence-electron chi connectivity index (χ3n) is 2.78. The summed E-state index contributed by atoms with van der Waals surface area (Å²) in [5.74, 6) is 0.0855. The van der Waals surface area contributed by atoms with Crippen molar-refractivity contribution in [2.45, 2.75) is 6.10 Å². The zero-order valence-corrected chi connectivity index (χ0v) is 12.4. The fraction of sp³-hybridized carbons (Fsp3) is 0.143. The minimum Gasteiger partial charge on any atom is -0.497 e. The molecule has 0 saturated heterocycles. The molecule has 0 fully saturated rings. The normalized spacial score (nSPS) is 12.3. The van der Waals surface area contributed by atoms with E-state index in [0.29, 0.717) is 20.8 Å². The van der Waals surface area contributed by atoms with Crippen LogP contribution in [0.4, 0.5) is 4.39 Å². The summed E-state index contributed by atoms with van der Waals surface area (Å²) in [7, 11) is 1.52. The van der Waals surface area contributed by atoms with Crippen LogP contribution in [0.2, 0.25) is 5.02 Å². The van der Waals surface area contributed by atoms with Gasteiger partial charge < -0.3 is 9.84 Å². The van der Waals surface area contributed by atoms with Gasteiger partial charge in [-0.25, -0.2) is 4.39 Å². The lowest BCUT2D eigenvalue weighted by Gasteiger charge is -2.16. The molecule has 1 unspecified atom stereocenters. The highest BCUT2D eigenvalue weighted by Crippen LogP contribution is 2.35. The summed E-state index contributed by atoms with van der Waals surface area (Å²) in [5, 5.41) is 10.6. The zero-order valence-electron chi connectivity index (χ0n) is 10.0. The van der Waals surface area contributed by atoms with Gasteiger partial charge in [0.1, 0.15) is 17.7 Å². The van der Waals surface area contributed by atoms with Gasteiger partial charge in [-0.05, 0) is 24.3 Å². The fourth-order valence-electron chi connectivity index (χ4n) is 1.78. The van der Waals surface area contributed by atoms with Gasteiger partial charge in [-0.3, -0.25) is 0 Å². The average Bonchev–Trinajstić information content (AvgIpc) is 2.38. The van der Waals surface area contributed by atoms with Gasteiger partial charge in [0.15, 0.2) is 0 Å². The molecule has 0 spiro atoms. The van der Waals surface area contributed by atoms with Crippen molar-refractivity contribution in [1.82, 2.24) is 0 Å². The van der Waals surface area contributed by atoms with E-state index in [9.17, 15) is 9.50 Å². The number of aliphatic hydroxyl groups excluding tert-OH is 1. The summed E-state index contributed by atoms with van der Waals surface area (Å²) in [6.45, 7) is 0. The first kappa shape index (κ1) is 14.3. The molecule has 5 heteroatoms. The summed E-state index contributed by atoms with van der Waals surface area (Å²) >= 11 is 9.31. The van der Waals surface area contributed by atoms with Crippen LogP contribution in [0.3, 0.4) is 0 Å². The molecule has 0 heterocycles. The molecule has 19 heavy (non-hydrogen) atoms. The van der Waals surface area contributed by atoms with Crippen molar-refractivity contribution < 1.29 is 14.2 Å². The third kappa shape index (κ3) is 2.91. The number of hydrogen-bond donors (Lipinski definition) is 1. The van der Waals surface area contributed by atoms with E-state index in [1.54, 1.807) is 30.3 Å². The molecular weight excluding hydrogens is 335 g/mol. The molecule has 2 nitrogen and oxygen atoms in total. The van der Waals surface area contributed by atoms with Crippen LogP contribution in [0.15, 0.2) is 40.9 Å². The molecule has 2 aromatic rings. The van der Waals surface area contributed by atoms with E-state index >= 15 is 0 Å². The van der Waals surface area contributed by atoms with Crippen LogP contribution in [-0.2, 0) is 0 Å². The van der Waals surface area contributed by atoms with Crippen LogP contribution < -0.4 is 4.74 Å². The molecule has 1 N–H and O–H groups in total. The Morgan fingerprint density at radius 3 is 2.63 bits per heavy atom. The molecule has 0 aliphatic heterocycles. The smallest absolute Gasteiger partial charge is 0.130 e. The largest absolute Gasteiger partial charge is 0.497 e. The van der Waals surface area contributed by atoms with E-state index in [2.05, 4.69) is 15.9 Å². The highest BCUT2D eigenvalue weighted by molar-refractivity contribution is 9.10. The minimum atomic E-state index is -1.14. The van der Waals surface area contributed by atoms with Crippen LogP contribution in [0, 0.1) is 5.82 Å². The standard InChI is InChI=1S/C14H11BrClFO2/c1-19-8-5-6-9(11(16)7-8)14(18)13-10(15)3-2-4-12(13)17/h2-7,14,18H,1H3. The van der Waals surface area contributed by atoms with Gasteiger partial charge in [-0.2, -0.15) is 0 Å². The van der Waals surface area contributed by atoms with Crippen LogP contribution in [0.5, 0.6) is 5.75 Å². The fourth-order valence-corrected chi connectivity index (χ4v) is 2.62. The van der Waals surface area contributed by atoms with Gasteiger partial charge in [-0.15, -0.1) is 0 Å². The van der Waals surface area contributed by atoms with Crippen molar-refractivity contribution in [2.24, 2.45) is 0 Å². The van der Waals surface area contributed by atoms with Gasteiger partial charge in [-0.1, -0.05) is 39.7 Å². The van der Waals surface area contributed by atoms with Gasteiger partial charge >= 0.3 is 0 Å². The van der Waals surface area contributed by atoms with E-state index in [4.69, 9.17) is 16.3 Å². The number of methoxy groups -OCH3 is 1. The predicted molar refractivity (Wildman–Crippen MR) is 76.2 cm³/mol. The first-order valence-corrected chi connectivity index (χ1v) is 6.67. The number of halogens is 3. The predicted octanol–water partition coefficient (Wildman–Crippen LogP) is 4.33. The van der Waals surface area contributed by atoms with E-state index < -0.39 is 11.9 Å². The Morgan fingerprint density at radius 1 is 1.32 bits per heavy atom. The maximum atomic E-state index is 13.8. The summed E-state index contributed by atoms with van der Waals surface area (Å²) < 4.78 is 19.3. The summed E-state index contributed by atoms with van der Waals surface area (Å²) in [4.78, 5) is 0. The number of rotatable bonds is 3. The van der Waals surface area contributed by atoms with E-state index in [-0.39, 0.29) is 5.56 Å². The third-order valence-corrected chi connectivity index (χ3v) is 3.79. The Hall–Kier alpha value is -1.10. The minimum absolute atomic E-state index is 0.162. The number of ether oxygens (including phenoxy) is 1. The van der Waals surface area contributed by atoms with Crippen molar-refractivity contribution in [2.75, 3.05) is 7.11 Å². The van der Waals surface area contributed by atoms with Crippen LogP contribution >= 0.6 is 27.5 Å². The molecule has 0 saturated carbocycles.